The van der Waals surface area contributed by atoms with Crippen molar-refractivity contribution in [3.63, 3.8) is 0 Å². The standard InChI is InChI=1S/C22H22N4O2/c1-2-21(27)24-19-8-6-18(7-9-19)22(28)26-13-3-12-25(14-15-26)20-10-4-17(16-23)5-11-20/h2,4-11H,1,3,12-15H2,(H,24,27). The van der Waals surface area contributed by atoms with E-state index in [2.05, 4.69) is 22.9 Å². The van der Waals surface area contributed by atoms with E-state index in [0.29, 0.717) is 29.9 Å². The second-order valence-electron chi connectivity index (χ2n) is 6.56. The molecule has 0 radical (unpaired) electrons. The summed E-state index contributed by atoms with van der Waals surface area (Å²) in [6, 6.07) is 16.5. The van der Waals surface area contributed by atoms with Crippen LogP contribution < -0.4 is 10.2 Å². The molecule has 1 heterocycles. The highest BCUT2D eigenvalue weighted by Crippen LogP contribution is 2.19. The number of carbonyl (C=O) groups is 2. The van der Waals surface area contributed by atoms with Crippen LogP contribution in [0.5, 0.6) is 0 Å². The molecule has 6 heteroatoms. The van der Waals surface area contributed by atoms with Crippen LogP contribution in [-0.2, 0) is 4.79 Å². The van der Waals surface area contributed by atoms with Gasteiger partial charge in [-0.15, -0.1) is 0 Å². The first-order valence-electron chi connectivity index (χ1n) is 9.18. The van der Waals surface area contributed by atoms with Gasteiger partial charge in [0.05, 0.1) is 11.6 Å². The molecule has 1 N–H and O–H groups in total. The Morgan fingerprint density at radius 1 is 1.00 bits per heavy atom. The maximum Gasteiger partial charge on any atom is 0.253 e. The third-order valence-electron chi connectivity index (χ3n) is 4.73. The van der Waals surface area contributed by atoms with E-state index in [0.717, 1.165) is 25.2 Å². The van der Waals surface area contributed by atoms with E-state index in [-0.39, 0.29) is 11.8 Å². The lowest BCUT2D eigenvalue weighted by molar-refractivity contribution is -0.111. The maximum atomic E-state index is 12.8. The van der Waals surface area contributed by atoms with Crippen molar-refractivity contribution >= 4 is 23.2 Å². The number of hydrogen-bond acceptors (Lipinski definition) is 4. The van der Waals surface area contributed by atoms with Gasteiger partial charge in [0.15, 0.2) is 0 Å². The number of nitrogens with one attached hydrogen (secondary N) is 1. The van der Waals surface area contributed by atoms with Crippen molar-refractivity contribution in [3.8, 4) is 6.07 Å². The van der Waals surface area contributed by atoms with Crippen LogP contribution in [0.4, 0.5) is 11.4 Å². The third kappa shape index (κ3) is 4.57. The van der Waals surface area contributed by atoms with Crippen LogP contribution in [-0.4, -0.2) is 42.9 Å². The quantitative estimate of drug-likeness (QED) is 0.835. The number of hydrogen-bond donors (Lipinski definition) is 1. The van der Waals surface area contributed by atoms with Crippen molar-refractivity contribution in [2.24, 2.45) is 0 Å². The zero-order valence-corrected chi connectivity index (χ0v) is 15.6. The molecule has 0 aromatic heterocycles. The molecule has 1 fully saturated rings. The Morgan fingerprint density at radius 2 is 1.71 bits per heavy atom. The van der Waals surface area contributed by atoms with Crippen LogP contribution in [0.25, 0.3) is 0 Å². The van der Waals surface area contributed by atoms with Gasteiger partial charge in [0, 0.05) is 43.1 Å². The van der Waals surface area contributed by atoms with Gasteiger partial charge in [0.2, 0.25) is 5.91 Å². The van der Waals surface area contributed by atoms with Gasteiger partial charge in [-0.25, -0.2) is 0 Å². The number of rotatable bonds is 4. The molecule has 2 aromatic carbocycles. The van der Waals surface area contributed by atoms with E-state index < -0.39 is 0 Å². The molecule has 142 valence electrons. The zero-order chi connectivity index (χ0) is 19.9. The highest BCUT2D eigenvalue weighted by Gasteiger charge is 2.20. The smallest absolute Gasteiger partial charge is 0.253 e. The Bertz CT molecular complexity index is 898. The minimum absolute atomic E-state index is 0.0109. The molecule has 0 atom stereocenters. The lowest BCUT2D eigenvalue weighted by Gasteiger charge is -2.24. The molecular formula is C22H22N4O2. The highest BCUT2D eigenvalue weighted by molar-refractivity contribution is 5.99. The lowest BCUT2D eigenvalue weighted by atomic mass is 10.1. The van der Waals surface area contributed by atoms with Gasteiger partial charge >= 0.3 is 0 Å². The first kappa shape index (κ1) is 19.2. The second-order valence-corrected chi connectivity index (χ2v) is 6.56. The molecule has 1 aliphatic heterocycles. The molecule has 2 amide bonds. The third-order valence-corrected chi connectivity index (χ3v) is 4.73. The first-order valence-corrected chi connectivity index (χ1v) is 9.18. The Kier molecular flexibility index (Phi) is 6.07. The molecule has 0 aliphatic carbocycles. The highest BCUT2D eigenvalue weighted by atomic mass is 16.2. The summed E-state index contributed by atoms with van der Waals surface area (Å²) in [4.78, 5) is 28.3. The van der Waals surface area contributed by atoms with Crippen LogP contribution >= 0.6 is 0 Å². The number of amides is 2. The van der Waals surface area contributed by atoms with Crippen molar-refractivity contribution < 1.29 is 9.59 Å². The van der Waals surface area contributed by atoms with Gasteiger partial charge in [0.25, 0.3) is 5.91 Å². The van der Waals surface area contributed by atoms with Crippen molar-refractivity contribution in [3.05, 3.63) is 72.3 Å². The molecule has 0 bridgehead atoms. The summed E-state index contributed by atoms with van der Waals surface area (Å²) in [6.07, 6.45) is 2.08. The minimum Gasteiger partial charge on any atom is -0.370 e. The predicted octanol–water partition coefficient (Wildman–Crippen LogP) is 3.04. The fourth-order valence-corrected chi connectivity index (χ4v) is 3.20. The fraction of sp³-hybridized carbons (Fsp3) is 0.227. The van der Waals surface area contributed by atoms with Gasteiger partial charge in [-0.3, -0.25) is 9.59 Å². The summed E-state index contributed by atoms with van der Waals surface area (Å²) < 4.78 is 0. The van der Waals surface area contributed by atoms with Gasteiger partial charge in [-0.2, -0.15) is 5.26 Å². The van der Waals surface area contributed by atoms with E-state index in [4.69, 9.17) is 5.26 Å². The SMILES string of the molecule is C=CC(=O)Nc1ccc(C(=O)N2CCCN(c3ccc(C#N)cc3)CC2)cc1. The Morgan fingerprint density at radius 3 is 2.36 bits per heavy atom. The largest absolute Gasteiger partial charge is 0.370 e. The zero-order valence-electron chi connectivity index (χ0n) is 15.6. The molecule has 0 spiro atoms. The van der Waals surface area contributed by atoms with Gasteiger partial charge in [-0.1, -0.05) is 6.58 Å². The van der Waals surface area contributed by atoms with Gasteiger partial charge in [-0.05, 0) is 61.0 Å². The monoisotopic (exact) mass is 374 g/mol. The number of anilines is 2. The van der Waals surface area contributed by atoms with Crippen molar-refractivity contribution in [1.29, 1.82) is 5.26 Å². The van der Waals surface area contributed by atoms with Crippen molar-refractivity contribution in [2.75, 3.05) is 36.4 Å². The molecule has 1 saturated heterocycles. The van der Waals surface area contributed by atoms with E-state index in [1.54, 1.807) is 24.3 Å². The summed E-state index contributed by atoms with van der Waals surface area (Å²) >= 11 is 0. The summed E-state index contributed by atoms with van der Waals surface area (Å²) in [5, 5.41) is 11.6. The van der Waals surface area contributed by atoms with E-state index in [1.165, 1.54) is 6.08 Å². The molecule has 6 nitrogen and oxygen atoms in total. The molecule has 3 rings (SSSR count). The maximum absolute atomic E-state index is 12.8. The molecule has 28 heavy (non-hydrogen) atoms. The first-order chi connectivity index (χ1) is 13.6. The van der Waals surface area contributed by atoms with Crippen LogP contribution in [0.1, 0.15) is 22.3 Å². The average Bonchev–Trinajstić information content (AvgIpc) is 3.00. The predicted molar refractivity (Wildman–Crippen MR) is 109 cm³/mol. The fourth-order valence-electron chi connectivity index (χ4n) is 3.20. The van der Waals surface area contributed by atoms with Crippen LogP contribution in [0, 0.1) is 11.3 Å². The number of nitrogens with zero attached hydrogens (tertiary/aromatic N) is 3. The number of nitriles is 1. The molecule has 1 aliphatic rings. The number of benzene rings is 2. The van der Waals surface area contributed by atoms with Crippen LogP contribution in [0.15, 0.2) is 61.2 Å². The Balaban J connectivity index is 1.62. The molecule has 2 aromatic rings. The van der Waals surface area contributed by atoms with Gasteiger partial charge < -0.3 is 15.1 Å². The second kappa shape index (κ2) is 8.87. The van der Waals surface area contributed by atoms with Crippen LogP contribution in [0.2, 0.25) is 0 Å². The molecule has 0 saturated carbocycles. The van der Waals surface area contributed by atoms with Crippen molar-refractivity contribution in [1.82, 2.24) is 4.90 Å². The summed E-state index contributed by atoms with van der Waals surface area (Å²) in [7, 11) is 0. The molecule has 0 unspecified atom stereocenters. The summed E-state index contributed by atoms with van der Waals surface area (Å²) in [5.74, 6) is -0.294. The number of carbonyl (C=O) groups excluding carboxylic acids is 2. The van der Waals surface area contributed by atoms with E-state index in [1.807, 2.05) is 29.2 Å². The van der Waals surface area contributed by atoms with E-state index in [9.17, 15) is 9.59 Å². The molecular weight excluding hydrogens is 352 g/mol. The Labute approximate surface area is 164 Å². The topological polar surface area (TPSA) is 76.4 Å². The minimum atomic E-state index is -0.283. The van der Waals surface area contributed by atoms with E-state index >= 15 is 0 Å². The van der Waals surface area contributed by atoms with Gasteiger partial charge in [0.1, 0.15) is 0 Å². The summed E-state index contributed by atoms with van der Waals surface area (Å²) in [5.41, 5.74) is 2.94. The lowest BCUT2D eigenvalue weighted by Crippen LogP contribution is -2.35. The normalized spacial score (nSPS) is 14.0. The van der Waals surface area contributed by atoms with Crippen molar-refractivity contribution in [2.45, 2.75) is 6.42 Å². The summed E-state index contributed by atoms with van der Waals surface area (Å²) in [6.45, 7) is 6.35. The average molecular weight is 374 g/mol. The van der Waals surface area contributed by atoms with Crippen LogP contribution in [0.3, 0.4) is 0 Å². The Hall–Kier alpha value is -3.59.